The predicted octanol–water partition coefficient (Wildman–Crippen LogP) is 3.93. The van der Waals surface area contributed by atoms with Gasteiger partial charge in [0, 0.05) is 11.7 Å². The Kier molecular flexibility index (Phi) is 5.92. The van der Waals surface area contributed by atoms with Crippen molar-refractivity contribution in [2.24, 2.45) is 5.92 Å². The van der Waals surface area contributed by atoms with Crippen LogP contribution in [0.4, 0.5) is 5.69 Å². The fraction of sp³-hybridized carbons (Fsp3) is 0.667. The van der Waals surface area contributed by atoms with Gasteiger partial charge in [0.2, 0.25) is 0 Å². The third-order valence-corrected chi connectivity index (χ3v) is 4.70. The number of anilines is 1. The first kappa shape index (κ1) is 16.2. The topological polar surface area (TPSA) is 24.5 Å². The van der Waals surface area contributed by atoms with Gasteiger partial charge in [-0.2, -0.15) is 0 Å². The summed E-state index contributed by atoms with van der Waals surface area (Å²) in [6, 6.07) is 6.79. The number of nitrogens with one attached hydrogen (secondary N) is 1. The molecule has 1 aliphatic heterocycles. The van der Waals surface area contributed by atoms with Crippen LogP contribution in [-0.4, -0.2) is 37.7 Å². The average molecular weight is 290 g/mol. The Hall–Kier alpha value is -1.22. The smallest absolute Gasteiger partial charge is 0.119 e. The molecule has 1 unspecified atom stereocenters. The van der Waals surface area contributed by atoms with Crippen molar-refractivity contribution in [1.82, 2.24) is 4.90 Å². The first-order chi connectivity index (χ1) is 10.1. The summed E-state index contributed by atoms with van der Waals surface area (Å²) in [7, 11) is 1.72. The molecule has 21 heavy (non-hydrogen) atoms. The van der Waals surface area contributed by atoms with Crippen LogP contribution in [0.15, 0.2) is 18.2 Å². The molecule has 1 N–H and O–H groups in total. The summed E-state index contributed by atoms with van der Waals surface area (Å²) in [5.74, 6) is 1.71. The Morgan fingerprint density at radius 2 is 2.05 bits per heavy atom. The number of methoxy groups -OCH3 is 1. The zero-order valence-corrected chi connectivity index (χ0v) is 14.0. The van der Waals surface area contributed by atoms with Crippen LogP contribution in [0.25, 0.3) is 0 Å². The van der Waals surface area contributed by atoms with Crippen LogP contribution in [0.2, 0.25) is 0 Å². The lowest BCUT2D eigenvalue weighted by Gasteiger charge is -2.35. The number of aryl methyl sites for hydroxylation is 1. The van der Waals surface area contributed by atoms with Crippen LogP contribution < -0.4 is 10.1 Å². The Bertz CT molecular complexity index is 439. The molecule has 1 heterocycles. The SMILES string of the molecule is CCCN1CCC(C(C)Nc2ccc(OC)cc2C)CC1. The van der Waals surface area contributed by atoms with Crippen molar-refractivity contribution in [1.29, 1.82) is 0 Å². The van der Waals surface area contributed by atoms with Gasteiger partial charge in [-0.05, 0) is 82.4 Å². The molecule has 0 saturated carbocycles. The Morgan fingerprint density at radius 3 is 2.62 bits per heavy atom. The van der Waals surface area contributed by atoms with Crippen LogP contribution in [0, 0.1) is 12.8 Å². The molecular weight excluding hydrogens is 260 g/mol. The summed E-state index contributed by atoms with van der Waals surface area (Å²) in [6.07, 6.45) is 3.89. The molecule has 118 valence electrons. The molecule has 1 aromatic rings. The summed E-state index contributed by atoms with van der Waals surface area (Å²) in [5.41, 5.74) is 2.49. The van der Waals surface area contributed by atoms with Crippen molar-refractivity contribution in [3.05, 3.63) is 23.8 Å². The number of likely N-dealkylation sites (tertiary alicyclic amines) is 1. The molecule has 0 radical (unpaired) electrons. The van der Waals surface area contributed by atoms with Crippen molar-refractivity contribution in [3.63, 3.8) is 0 Å². The molecule has 1 atom stereocenters. The molecule has 0 aliphatic carbocycles. The lowest BCUT2D eigenvalue weighted by molar-refractivity contribution is 0.176. The molecular formula is C18H30N2O. The molecule has 3 nitrogen and oxygen atoms in total. The van der Waals surface area contributed by atoms with E-state index in [1.54, 1.807) is 7.11 Å². The Balaban J connectivity index is 1.88. The van der Waals surface area contributed by atoms with Crippen LogP contribution in [0.5, 0.6) is 5.75 Å². The van der Waals surface area contributed by atoms with Crippen LogP contribution in [0.1, 0.15) is 38.7 Å². The van der Waals surface area contributed by atoms with E-state index in [-0.39, 0.29) is 0 Å². The van der Waals surface area contributed by atoms with E-state index in [4.69, 9.17) is 4.74 Å². The van der Waals surface area contributed by atoms with Gasteiger partial charge in [0.05, 0.1) is 7.11 Å². The van der Waals surface area contributed by atoms with E-state index in [0.29, 0.717) is 6.04 Å². The van der Waals surface area contributed by atoms with Gasteiger partial charge < -0.3 is 15.0 Å². The average Bonchev–Trinajstić information content (AvgIpc) is 2.50. The summed E-state index contributed by atoms with van der Waals surface area (Å²) < 4.78 is 5.27. The lowest BCUT2D eigenvalue weighted by atomic mass is 9.90. The summed E-state index contributed by atoms with van der Waals surface area (Å²) in [5, 5.41) is 3.70. The maximum atomic E-state index is 5.27. The molecule has 2 rings (SSSR count). The minimum atomic E-state index is 0.529. The zero-order chi connectivity index (χ0) is 15.2. The van der Waals surface area contributed by atoms with Crippen molar-refractivity contribution >= 4 is 5.69 Å². The standard InChI is InChI=1S/C18H30N2O/c1-5-10-20-11-8-16(9-12-20)15(3)19-18-7-6-17(21-4)13-14(18)2/h6-7,13,15-16,19H,5,8-12H2,1-4H3. The second kappa shape index (κ2) is 7.69. The van der Waals surface area contributed by atoms with Gasteiger partial charge in [-0.3, -0.25) is 0 Å². The van der Waals surface area contributed by atoms with Gasteiger partial charge >= 0.3 is 0 Å². The molecule has 1 saturated heterocycles. The van der Waals surface area contributed by atoms with Gasteiger partial charge in [-0.1, -0.05) is 6.92 Å². The third kappa shape index (κ3) is 4.37. The van der Waals surface area contributed by atoms with E-state index in [2.05, 4.69) is 43.1 Å². The van der Waals surface area contributed by atoms with E-state index in [0.717, 1.165) is 11.7 Å². The van der Waals surface area contributed by atoms with Gasteiger partial charge in [-0.15, -0.1) is 0 Å². The highest BCUT2D eigenvalue weighted by Crippen LogP contribution is 2.26. The fourth-order valence-electron chi connectivity index (χ4n) is 3.28. The highest BCUT2D eigenvalue weighted by Gasteiger charge is 2.23. The van der Waals surface area contributed by atoms with Gasteiger partial charge in [-0.25, -0.2) is 0 Å². The number of benzene rings is 1. The van der Waals surface area contributed by atoms with Crippen molar-refractivity contribution in [2.75, 3.05) is 32.1 Å². The number of ether oxygens (including phenoxy) is 1. The molecule has 0 spiro atoms. The van der Waals surface area contributed by atoms with Crippen molar-refractivity contribution in [2.45, 2.75) is 46.1 Å². The first-order valence-electron chi connectivity index (χ1n) is 8.27. The number of piperidine rings is 1. The van der Waals surface area contributed by atoms with Crippen molar-refractivity contribution < 1.29 is 4.74 Å². The van der Waals surface area contributed by atoms with Gasteiger partial charge in [0.1, 0.15) is 5.75 Å². The third-order valence-electron chi connectivity index (χ3n) is 4.70. The molecule has 1 aliphatic rings. The monoisotopic (exact) mass is 290 g/mol. The molecule has 0 bridgehead atoms. The molecule has 0 amide bonds. The lowest BCUT2D eigenvalue weighted by Crippen LogP contribution is -2.39. The van der Waals surface area contributed by atoms with Gasteiger partial charge in [0.15, 0.2) is 0 Å². The van der Waals surface area contributed by atoms with Crippen LogP contribution >= 0.6 is 0 Å². The second-order valence-electron chi connectivity index (χ2n) is 6.29. The molecule has 1 aromatic carbocycles. The summed E-state index contributed by atoms with van der Waals surface area (Å²) >= 11 is 0. The van der Waals surface area contributed by atoms with E-state index >= 15 is 0 Å². The maximum absolute atomic E-state index is 5.27. The summed E-state index contributed by atoms with van der Waals surface area (Å²) in [4.78, 5) is 2.60. The van der Waals surface area contributed by atoms with Crippen LogP contribution in [-0.2, 0) is 0 Å². The Morgan fingerprint density at radius 1 is 1.33 bits per heavy atom. The Labute approximate surface area is 129 Å². The predicted molar refractivity (Wildman–Crippen MR) is 90.3 cm³/mol. The molecule has 1 fully saturated rings. The second-order valence-corrected chi connectivity index (χ2v) is 6.29. The van der Waals surface area contributed by atoms with Crippen LogP contribution in [0.3, 0.4) is 0 Å². The van der Waals surface area contributed by atoms with Crippen molar-refractivity contribution in [3.8, 4) is 5.75 Å². The zero-order valence-electron chi connectivity index (χ0n) is 14.0. The fourth-order valence-corrected chi connectivity index (χ4v) is 3.28. The van der Waals surface area contributed by atoms with Gasteiger partial charge in [0.25, 0.3) is 0 Å². The minimum Gasteiger partial charge on any atom is -0.497 e. The minimum absolute atomic E-state index is 0.529. The maximum Gasteiger partial charge on any atom is 0.119 e. The van der Waals surface area contributed by atoms with E-state index < -0.39 is 0 Å². The quantitative estimate of drug-likeness (QED) is 0.859. The number of rotatable bonds is 6. The van der Waals surface area contributed by atoms with E-state index in [9.17, 15) is 0 Å². The highest BCUT2D eigenvalue weighted by molar-refractivity contribution is 5.54. The summed E-state index contributed by atoms with van der Waals surface area (Å²) in [6.45, 7) is 10.5. The van der Waals surface area contributed by atoms with E-state index in [1.165, 1.54) is 50.1 Å². The number of hydrogen-bond donors (Lipinski definition) is 1. The van der Waals surface area contributed by atoms with E-state index in [1.807, 2.05) is 6.07 Å². The molecule has 3 heteroatoms. The normalized spacial score (nSPS) is 18.5. The highest BCUT2D eigenvalue weighted by atomic mass is 16.5. The first-order valence-corrected chi connectivity index (χ1v) is 8.27. The number of hydrogen-bond acceptors (Lipinski definition) is 3. The number of nitrogens with zero attached hydrogens (tertiary/aromatic N) is 1. The molecule has 0 aromatic heterocycles. The largest absolute Gasteiger partial charge is 0.497 e.